The lowest BCUT2D eigenvalue weighted by molar-refractivity contribution is -0.117. The molecule has 0 radical (unpaired) electrons. The van der Waals surface area contributed by atoms with Crippen LogP contribution in [0.3, 0.4) is 0 Å². The van der Waals surface area contributed by atoms with Gasteiger partial charge in [-0.15, -0.1) is 24.8 Å². The molecule has 7 heteroatoms. The molecule has 1 aromatic heterocycles. The number of aryl methyl sites for hydroxylation is 1. The maximum absolute atomic E-state index is 11.6. The molecule has 1 atom stereocenters. The molecule has 5 nitrogen and oxygen atoms in total. The van der Waals surface area contributed by atoms with E-state index in [0.29, 0.717) is 6.42 Å². The van der Waals surface area contributed by atoms with Gasteiger partial charge in [-0.3, -0.25) is 4.79 Å². The van der Waals surface area contributed by atoms with E-state index in [1.54, 1.807) is 0 Å². The van der Waals surface area contributed by atoms with E-state index in [2.05, 4.69) is 15.3 Å². The first-order valence-electron chi connectivity index (χ1n) is 5.63. The van der Waals surface area contributed by atoms with E-state index in [1.165, 1.54) is 0 Å². The highest BCUT2D eigenvalue weighted by Gasteiger charge is 2.11. The zero-order chi connectivity index (χ0) is 12.4. The number of nitrogens with one attached hydrogen (secondary N) is 2. The molecule has 0 bridgehead atoms. The van der Waals surface area contributed by atoms with Gasteiger partial charge in [-0.2, -0.15) is 0 Å². The number of benzene rings is 1. The molecule has 0 fully saturated rings. The van der Waals surface area contributed by atoms with Crippen LogP contribution in [0.2, 0.25) is 0 Å². The largest absolute Gasteiger partial charge is 0.342 e. The first kappa shape index (κ1) is 17.7. The predicted octanol–water partition coefficient (Wildman–Crippen LogP) is 2.39. The van der Waals surface area contributed by atoms with Gasteiger partial charge in [-0.05, 0) is 31.5 Å². The smallest absolute Gasteiger partial charge is 0.241 e. The molecule has 0 aliphatic carbocycles. The third-order valence-electron chi connectivity index (χ3n) is 2.64. The number of aromatic nitrogens is 2. The Kier molecular flexibility index (Phi) is 6.83. The minimum Gasteiger partial charge on any atom is -0.342 e. The number of aromatic amines is 1. The molecule has 0 unspecified atom stereocenters. The number of nitrogens with zero attached hydrogens (tertiary/aromatic N) is 1. The van der Waals surface area contributed by atoms with Crippen LogP contribution in [0.1, 0.15) is 19.2 Å². The van der Waals surface area contributed by atoms with E-state index < -0.39 is 6.04 Å². The SMILES string of the molecule is CC[C@H](N)C(=O)Nc1ccc2nc(C)[nH]c2c1.Cl.Cl. The van der Waals surface area contributed by atoms with E-state index in [4.69, 9.17) is 5.73 Å². The van der Waals surface area contributed by atoms with Gasteiger partial charge >= 0.3 is 0 Å². The van der Waals surface area contributed by atoms with E-state index in [0.717, 1.165) is 22.5 Å². The monoisotopic (exact) mass is 304 g/mol. The highest BCUT2D eigenvalue weighted by Crippen LogP contribution is 2.17. The van der Waals surface area contributed by atoms with Crippen LogP contribution in [0.4, 0.5) is 5.69 Å². The van der Waals surface area contributed by atoms with E-state index in [-0.39, 0.29) is 30.7 Å². The molecule has 1 heterocycles. The normalized spacial score (nSPS) is 11.3. The molecule has 106 valence electrons. The lowest BCUT2D eigenvalue weighted by atomic mass is 10.2. The minimum atomic E-state index is -0.464. The second-order valence-corrected chi connectivity index (χ2v) is 4.06. The summed E-state index contributed by atoms with van der Waals surface area (Å²) in [5.41, 5.74) is 8.18. The number of carbonyl (C=O) groups is 1. The Bertz CT molecular complexity index is 556. The van der Waals surface area contributed by atoms with Crippen molar-refractivity contribution in [1.82, 2.24) is 9.97 Å². The minimum absolute atomic E-state index is 0. The number of amides is 1. The first-order chi connectivity index (χ1) is 8.10. The van der Waals surface area contributed by atoms with Gasteiger partial charge in [-0.25, -0.2) is 4.98 Å². The molecular weight excluding hydrogens is 287 g/mol. The molecule has 0 aliphatic rings. The Morgan fingerprint density at radius 1 is 1.47 bits per heavy atom. The molecule has 0 saturated carbocycles. The third kappa shape index (κ3) is 4.09. The Hall–Kier alpha value is -1.30. The van der Waals surface area contributed by atoms with Crippen LogP contribution in [0.5, 0.6) is 0 Å². The fourth-order valence-electron chi connectivity index (χ4n) is 1.64. The molecule has 4 N–H and O–H groups in total. The molecule has 2 aromatic rings. The second kappa shape index (κ2) is 7.33. The molecule has 1 aromatic carbocycles. The Morgan fingerprint density at radius 3 is 2.79 bits per heavy atom. The van der Waals surface area contributed by atoms with Gasteiger partial charge in [0.05, 0.1) is 17.1 Å². The fourth-order valence-corrected chi connectivity index (χ4v) is 1.64. The average molecular weight is 305 g/mol. The molecule has 0 spiro atoms. The van der Waals surface area contributed by atoms with Crippen molar-refractivity contribution in [3.05, 3.63) is 24.0 Å². The standard InChI is InChI=1S/C12H16N4O.2ClH/c1-3-9(13)12(17)16-8-4-5-10-11(6-8)15-7(2)14-10;;/h4-6,9H,3,13H2,1-2H3,(H,14,15)(H,16,17);2*1H/t9-;;/m0../s1. The molecular formula is C12H18Cl2N4O. The zero-order valence-electron chi connectivity index (χ0n) is 10.8. The summed E-state index contributed by atoms with van der Waals surface area (Å²) >= 11 is 0. The van der Waals surface area contributed by atoms with Gasteiger partial charge < -0.3 is 16.0 Å². The Morgan fingerprint density at radius 2 is 2.16 bits per heavy atom. The predicted molar refractivity (Wildman–Crippen MR) is 82.2 cm³/mol. The molecule has 19 heavy (non-hydrogen) atoms. The van der Waals surface area contributed by atoms with Crippen molar-refractivity contribution >= 4 is 47.4 Å². The fraction of sp³-hybridized carbons (Fsp3) is 0.333. The number of rotatable bonds is 3. The Labute approximate surface area is 124 Å². The third-order valence-corrected chi connectivity index (χ3v) is 2.64. The molecule has 1 amide bonds. The summed E-state index contributed by atoms with van der Waals surface area (Å²) in [6.07, 6.45) is 0.622. The van der Waals surface area contributed by atoms with Crippen molar-refractivity contribution in [3.8, 4) is 0 Å². The van der Waals surface area contributed by atoms with E-state index >= 15 is 0 Å². The lowest BCUT2D eigenvalue weighted by Crippen LogP contribution is -2.34. The van der Waals surface area contributed by atoms with Crippen LogP contribution >= 0.6 is 24.8 Å². The number of nitrogens with two attached hydrogens (primary N) is 1. The van der Waals surface area contributed by atoms with Crippen molar-refractivity contribution in [2.45, 2.75) is 26.3 Å². The summed E-state index contributed by atoms with van der Waals surface area (Å²) in [7, 11) is 0. The van der Waals surface area contributed by atoms with Crippen LogP contribution in [-0.2, 0) is 4.79 Å². The second-order valence-electron chi connectivity index (χ2n) is 4.06. The number of H-pyrrole nitrogens is 1. The van der Waals surface area contributed by atoms with Gasteiger partial charge in [-0.1, -0.05) is 6.92 Å². The number of imidazole rings is 1. The van der Waals surface area contributed by atoms with E-state index in [9.17, 15) is 4.79 Å². The summed E-state index contributed by atoms with van der Waals surface area (Å²) in [6, 6.07) is 5.08. The number of fused-ring (bicyclic) bond motifs is 1. The summed E-state index contributed by atoms with van der Waals surface area (Å²) < 4.78 is 0. The van der Waals surface area contributed by atoms with Gasteiger partial charge in [0.1, 0.15) is 5.82 Å². The number of anilines is 1. The van der Waals surface area contributed by atoms with Gasteiger partial charge in [0, 0.05) is 5.69 Å². The summed E-state index contributed by atoms with van der Waals surface area (Å²) in [5.74, 6) is 0.692. The number of hydrogen-bond acceptors (Lipinski definition) is 3. The number of halogens is 2. The van der Waals surface area contributed by atoms with Crippen LogP contribution in [0.25, 0.3) is 11.0 Å². The van der Waals surface area contributed by atoms with E-state index in [1.807, 2.05) is 32.0 Å². The maximum Gasteiger partial charge on any atom is 0.241 e. The summed E-state index contributed by atoms with van der Waals surface area (Å²) in [6.45, 7) is 3.77. The van der Waals surface area contributed by atoms with Crippen molar-refractivity contribution in [3.63, 3.8) is 0 Å². The highest BCUT2D eigenvalue weighted by atomic mass is 35.5. The average Bonchev–Trinajstić information content (AvgIpc) is 2.67. The van der Waals surface area contributed by atoms with Crippen LogP contribution < -0.4 is 11.1 Å². The topological polar surface area (TPSA) is 83.8 Å². The lowest BCUT2D eigenvalue weighted by Gasteiger charge is -2.09. The first-order valence-corrected chi connectivity index (χ1v) is 5.63. The van der Waals surface area contributed by atoms with Gasteiger partial charge in [0.15, 0.2) is 0 Å². The molecule has 0 saturated heterocycles. The summed E-state index contributed by atoms with van der Waals surface area (Å²) in [5, 5.41) is 2.78. The van der Waals surface area contributed by atoms with Crippen molar-refractivity contribution in [1.29, 1.82) is 0 Å². The van der Waals surface area contributed by atoms with Gasteiger partial charge in [0.25, 0.3) is 0 Å². The quantitative estimate of drug-likeness (QED) is 0.814. The van der Waals surface area contributed by atoms with Crippen LogP contribution in [-0.4, -0.2) is 21.9 Å². The van der Waals surface area contributed by atoms with Crippen LogP contribution in [0.15, 0.2) is 18.2 Å². The number of carbonyl (C=O) groups excluding carboxylic acids is 1. The highest BCUT2D eigenvalue weighted by molar-refractivity contribution is 5.96. The molecule has 2 rings (SSSR count). The van der Waals surface area contributed by atoms with Crippen molar-refractivity contribution < 1.29 is 4.79 Å². The summed E-state index contributed by atoms with van der Waals surface area (Å²) in [4.78, 5) is 19.0. The van der Waals surface area contributed by atoms with Crippen molar-refractivity contribution in [2.24, 2.45) is 5.73 Å². The maximum atomic E-state index is 11.6. The molecule has 0 aliphatic heterocycles. The number of hydrogen-bond donors (Lipinski definition) is 3. The zero-order valence-corrected chi connectivity index (χ0v) is 12.4. The van der Waals surface area contributed by atoms with Gasteiger partial charge in [0.2, 0.25) is 5.91 Å². The Balaban J connectivity index is 0.00000162. The van der Waals surface area contributed by atoms with Crippen molar-refractivity contribution in [2.75, 3.05) is 5.32 Å². The van der Waals surface area contributed by atoms with Crippen LogP contribution in [0, 0.1) is 6.92 Å².